The Hall–Kier alpha value is -3.46. The van der Waals surface area contributed by atoms with Gasteiger partial charge in [0.2, 0.25) is 10.0 Å². The number of halogens is 3. The lowest BCUT2D eigenvalue weighted by Crippen LogP contribution is -2.37. The van der Waals surface area contributed by atoms with Gasteiger partial charge in [-0.15, -0.1) is 0 Å². The molecule has 1 saturated heterocycles. The largest absolute Gasteiger partial charge is 0.497 e. The highest BCUT2D eigenvalue weighted by atomic mass is 32.2. The van der Waals surface area contributed by atoms with Crippen LogP contribution < -0.4 is 10.1 Å². The number of alkyl halides is 3. The van der Waals surface area contributed by atoms with Crippen LogP contribution in [0, 0.1) is 0 Å². The summed E-state index contributed by atoms with van der Waals surface area (Å²) >= 11 is 0. The van der Waals surface area contributed by atoms with Crippen molar-refractivity contribution in [3.8, 4) is 17.0 Å². The van der Waals surface area contributed by atoms with E-state index in [1.54, 1.807) is 16.8 Å². The van der Waals surface area contributed by atoms with Crippen molar-refractivity contribution in [1.29, 1.82) is 0 Å². The summed E-state index contributed by atoms with van der Waals surface area (Å²) in [5.74, 6) is -0.0157. The molecule has 2 aromatic carbocycles. The number of aliphatic hydroxyl groups is 1. The maximum atomic E-state index is 14.0. The lowest BCUT2D eigenvalue weighted by molar-refractivity contribution is -0.138. The number of hydrogen-bond donors (Lipinski definition) is 2. The van der Waals surface area contributed by atoms with Crippen molar-refractivity contribution >= 4 is 15.9 Å². The van der Waals surface area contributed by atoms with Crippen molar-refractivity contribution in [1.82, 2.24) is 24.3 Å². The van der Waals surface area contributed by atoms with E-state index in [0.29, 0.717) is 35.5 Å². The second-order valence-electron chi connectivity index (χ2n) is 11.2. The number of aromatic nitrogens is 2. The molecule has 0 spiro atoms. The van der Waals surface area contributed by atoms with E-state index in [1.807, 2.05) is 0 Å². The Bertz CT molecular complexity index is 1600. The van der Waals surface area contributed by atoms with Crippen LogP contribution >= 0.6 is 0 Å². The first-order valence-corrected chi connectivity index (χ1v) is 16.2. The van der Waals surface area contributed by atoms with Gasteiger partial charge < -0.3 is 20.1 Å². The molecule has 0 radical (unpaired) electrons. The van der Waals surface area contributed by atoms with Gasteiger partial charge in [0.25, 0.3) is 5.91 Å². The first kappa shape index (κ1) is 31.9. The number of methoxy groups -OCH3 is 1. The van der Waals surface area contributed by atoms with Gasteiger partial charge in [-0.3, -0.25) is 9.48 Å². The van der Waals surface area contributed by atoms with Crippen LogP contribution in [0.3, 0.4) is 0 Å². The highest BCUT2D eigenvalue weighted by Crippen LogP contribution is 2.37. The molecule has 2 aliphatic heterocycles. The molecule has 1 aromatic heterocycles. The number of rotatable bonds is 10. The standard InChI is InChI=1S/C30H36F3N5O5S/c1-43-24-8-5-20(6-9-24)29(40)34-16-22-15-21(7-10-26(22)30(31,32)33)28-25-19-37(44(2,41)42)14-11-27(25)38(35-28)18-23(39)17-36-12-3-4-13-36/h5-10,15,23,39H,3-4,11-14,16-19H2,1-2H3,(H,34,40). The van der Waals surface area contributed by atoms with Crippen LogP contribution in [0.5, 0.6) is 5.75 Å². The Kier molecular flexibility index (Phi) is 9.35. The average molecular weight is 636 g/mol. The van der Waals surface area contributed by atoms with Crippen molar-refractivity contribution in [2.75, 3.05) is 39.5 Å². The van der Waals surface area contributed by atoms with Crippen molar-refractivity contribution in [3.63, 3.8) is 0 Å². The fourth-order valence-corrected chi connectivity index (χ4v) is 6.62. The number of likely N-dealkylation sites (tertiary alicyclic amines) is 1. The normalized spacial score (nSPS) is 17.0. The smallest absolute Gasteiger partial charge is 0.416 e. The predicted molar refractivity (Wildman–Crippen MR) is 157 cm³/mol. The van der Waals surface area contributed by atoms with Gasteiger partial charge in [0.15, 0.2) is 0 Å². The van der Waals surface area contributed by atoms with Crippen molar-refractivity contribution in [3.05, 3.63) is 70.4 Å². The first-order chi connectivity index (χ1) is 20.8. The van der Waals surface area contributed by atoms with Crippen LogP contribution in [0.1, 0.15) is 45.6 Å². The number of hydrogen-bond acceptors (Lipinski definition) is 7. The molecule has 238 valence electrons. The number of nitrogens with one attached hydrogen (secondary N) is 1. The summed E-state index contributed by atoms with van der Waals surface area (Å²) in [6.07, 6.45) is -1.79. The molecule has 44 heavy (non-hydrogen) atoms. The quantitative estimate of drug-likeness (QED) is 0.351. The number of β-amino-alcohol motifs (C(OH)–C–C–N with tert-alkyl or cyclic N) is 1. The Balaban J connectivity index is 1.47. The fraction of sp³-hybridized carbons (Fsp3) is 0.467. The zero-order valence-electron chi connectivity index (χ0n) is 24.6. The third-order valence-corrected chi connectivity index (χ3v) is 9.34. The Morgan fingerprint density at radius 3 is 2.43 bits per heavy atom. The number of ether oxygens (including phenoxy) is 1. The number of sulfonamides is 1. The van der Waals surface area contributed by atoms with Crippen molar-refractivity contribution in [2.24, 2.45) is 0 Å². The van der Waals surface area contributed by atoms with Gasteiger partial charge in [-0.2, -0.15) is 22.6 Å². The molecule has 5 rings (SSSR count). The lowest BCUT2D eigenvalue weighted by atomic mass is 9.97. The molecule has 3 heterocycles. The number of nitrogens with zero attached hydrogens (tertiary/aromatic N) is 4. The van der Waals surface area contributed by atoms with Crippen LogP contribution in [-0.2, 0) is 42.3 Å². The molecule has 0 saturated carbocycles. The summed E-state index contributed by atoms with van der Waals surface area (Å²) in [5.41, 5.74) is 1.23. The van der Waals surface area contributed by atoms with Gasteiger partial charge in [0.05, 0.1) is 37.3 Å². The zero-order chi connectivity index (χ0) is 31.6. The van der Waals surface area contributed by atoms with E-state index < -0.39 is 40.3 Å². The van der Waals surface area contributed by atoms with Gasteiger partial charge in [0.1, 0.15) is 5.75 Å². The highest BCUT2D eigenvalue weighted by Gasteiger charge is 2.35. The molecule has 1 amide bonds. The molecule has 1 atom stereocenters. The van der Waals surface area contributed by atoms with Crippen LogP contribution in [0.2, 0.25) is 0 Å². The van der Waals surface area contributed by atoms with Crippen LogP contribution in [-0.4, -0.2) is 84.1 Å². The Morgan fingerprint density at radius 1 is 1.09 bits per heavy atom. The fourth-order valence-electron chi connectivity index (χ4n) is 5.84. The maximum absolute atomic E-state index is 14.0. The van der Waals surface area contributed by atoms with Gasteiger partial charge in [0, 0.05) is 55.0 Å². The number of benzene rings is 2. The Labute approximate surface area is 254 Å². The van der Waals surface area contributed by atoms with Crippen molar-refractivity contribution < 1.29 is 36.2 Å². The van der Waals surface area contributed by atoms with Crippen LogP contribution in [0.4, 0.5) is 13.2 Å². The molecule has 2 N–H and O–H groups in total. The molecule has 14 heteroatoms. The molecule has 10 nitrogen and oxygen atoms in total. The minimum atomic E-state index is -4.68. The summed E-state index contributed by atoms with van der Waals surface area (Å²) in [5, 5.41) is 18.1. The van der Waals surface area contributed by atoms with E-state index in [4.69, 9.17) is 9.84 Å². The van der Waals surface area contributed by atoms with Gasteiger partial charge in [-0.25, -0.2) is 8.42 Å². The number of amides is 1. The third-order valence-electron chi connectivity index (χ3n) is 8.09. The van der Waals surface area contributed by atoms with Crippen molar-refractivity contribution in [2.45, 2.75) is 51.2 Å². The Morgan fingerprint density at radius 2 is 1.80 bits per heavy atom. The summed E-state index contributed by atoms with van der Waals surface area (Å²) in [4.78, 5) is 14.9. The van der Waals surface area contributed by atoms with E-state index >= 15 is 0 Å². The summed E-state index contributed by atoms with van der Waals surface area (Å²) < 4.78 is 75.0. The zero-order valence-corrected chi connectivity index (χ0v) is 25.4. The third kappa shape index (κ3) is 7.25. The van der Waals surface area contributed by atoms with Gasteiger partial charge >= 0.3 is 6.18 Å². The van der Waals surface area contributed by atoms with Gasteiger partial charge in [-0.1, -0.05) is 6.07 Å². The molecule has 1 unspecified atom stereocenters. The number of aliphatic hydroxyl groups excluding tert-OH is 1. The summed E-state index contributed by atoms with van der Waals surface area (Å²) in [7, 11) is -2.06. The van der Waals surface area contributed by atoms with E-state index in [9.17, 15) is 31.5 Å². The van der Waals surface area contributed by atoms with E-state index in [2.05, 4.69) is 10.2 Å². The molecule has 1 fully saturated rings. The summed E-state index contributed by atoms with van der Waals surface area (Å²) in [6.45, 7) is 2.30. The molecular formula is C30H36F3N5O5S. The second-order valence-corrected chi connectivity index (χ2v) is 13.2. The average Bonchev–Trinajstić information content (AvgIpc) is 3.62. The highest BCUT2D eigenvalue weighted by molar-refractivity contribution is 7.88. The SMILES string of the molecule is COc1ccc(C(=O)NCc2cc(-c3nn(CC(O)CN4CCCC4)c4c3CN(S(C)(=O)=O)CC4)ccc2C(F)(F)F)cc1. The van der Waals surface area contributed by atoms with E-state index in [-0.39, 0.29) is 30.8 Å². The number of carbonyl (C=O) groups excluding carboxylic acids is 1. The number of fused-ring (bicyclic) bond motifs is 1. The van der Waals surface area contributed by atoms with Gasteiger partial charge in [-0.05, 0) is 67.9 Å². The number of carbonyl (C=O) groups is 1. The summed E-state index contributed by atoms with van der Waals surface area (Å²) in [6, 6.07) is 9.79. The van der Waals surface area contributed by atoms with Crippen LogP contribution in [0.25, 0.3) is 11.3 Å². The maximum Gasteiger partial charge on any atom is 0.416 e. The molecular weight excluding hydrogens is 599 g/mol. The molecule has 0 aliphatic carbocycles. The molecule has 0 bridgehead atoms. The minimum absolute atomic E-state index is 0.0102. The second kappa shape index (κ2) is 12.9. The topological polar surface area (TPSA) is 117 Å². The molecule has 2 aliphatic rings. The monoisotopic (exact) mass is 635 g/mol. The van der Waals surface area contributed by atoms with E-state index in [0.717, 1.165) is 43.9 Å². The lowest BCUT2D eigenvalue weighted by Gasteiger charge is -2.26. The van der Waals surface area contributed by atoms with E-state index in [1.165, 1.54) is 35.7 Å². The molecule has 3 aromatic rings. The predicted octanol–water partition coefficient (Wildman–Crippen LogP) is 3.28. The first-order valence-electron chi connectivity index (χ1n) is 14.4. The van der Waals surface area contributed by atoms with Crippen LogP contribution in [0.15, 0.2) is 42.5 Å². The minimum Gasteiger partial charge on any atom is -0.497 e.